The largest absolute Gasteiger partial charge is 0.398 e. The van der Waals surface area contributed by atoms with Crippen molar-refractivity contribution in [1.82, 2.24) is 9.78 Å². The highest BCUT2D eigenvalue weighted by molar-refractivity contribution is 6.33. The summed E-state index contributed by atoms with van der Waals surface area (Å²) in [6, 6.07) is 7.73. The summed E-state index contributed by atoms with van der Waals surface area (Å²) < 4.78 is 1.96. The summed E-state index contributed by atoms with van der Waals surface area (Å²) in [6.45, 7) is 4.75. The number of aryl methyl sites for hydroxylation is 2. The summed E-state index contributed by atoms with van der Waals surface area (Å²) in [6.07, 6.45) is 0. The Balaban J connectivity index is 0.00000144. The zero-order valence-electron chi connectivity index (χ0n) is 10.2. The molecule has 1 aromatic heterocycles. The minimum atomic E-state index is 0. The molecular weight excluding hydrogens is 293 g/mol. The Morgan fingerprint density at radius 3 is 2.39 bits per heavy atom. The number of hydrogen-bond donors (Lipinski definition) is 1. The standard InChI is InChI=1S/C12H14ClN3.2ClH/c1-8-5-9(2)16(15-8)7-10-3-4-11(13)12(14)6-10;;/h3-6H,7,14H2,1-2H3;2*1H. The van der Waals surface area contributed by atoms with Crippen molar-refractivity contribution in [3.63, 3.8) is 0 Å². The van der Waals surface area contributed by atoms with Gasteiger partial charge in [0.05, 0.1) is 22.9 Å². The zero-order valence-corrected chi connectivity index (χ0v) is 12.6. The van der Waals surface area contributed by atoms with Crippen molar-refractivity contribution in [2.24, 2.45) is 0 Å². The summed E-state index contributed by atoms with van der Waals surface area (Å²) in [4.78, 5) is 0. The number of nitrogen functional groups attached to an aromatic ring is 1. The predicted molar refractivity (Wildman–Crippen MR) is 81.2 cm³/mol. The van der Waals surface area contributed by atoms with Crippen molar-refractivity contribution in [2.45, 2.75) is 20.4 Å². The van der Waals surface area contributed by atoms with E-state index < -0.39 is 0 Å². The molecule has 100 valence electrons. The fourth-order valence-corrected chi connectivity index (χ4v) is 1.82. The first-order valence-corrected chi connectivity index (χ1v) is 5.49. The summed E-state index contributed by atoms with van der Waals surface area (Å²) in [5, 5.41) is 5.00. The van der Waals surface area contributed by atoms with E-state index in [1.807, 2.05) is 36.7 Å². The van der Waals surface area contributed by atoms with Gasteiger partial charge in [-0.2, -0.15) is 5.10 Å². The average Bonchev–Trinajstić information content (AvgIpc) is 2.51. The minimum Gasteiger partial charge on any atom is -0.398 e. The highest BCUT2D eigenvalue weighted by Crippen LogP contribution is 2.20. The van der Waals surface area contributed by atoms with Gasteiger partial charge in [0, 0.05) is 5.69 Å². The molecule has 0 spiro atoms. The van der Waals surface area contributed by atoms with Crippen molar-refractivity contribution in [1.29, 1.82) is 0 Å². The maximum Gasteiger partial charge on any atom is 0.0663 e. The second kappa shape index (κ2) is 6.88. The Kier molecular flexibility index (Phi) is 6.54. The van der Waals surface area contributed by atoms with Crippen LogP contribution in [-0.4, -0.2) is 9.78 Å². The molecule has 0 unspecified atom stereocenters. The molecule has 2 N–H and O–H groups in total. The first kappa shape index (κ1) is 17.1. The van der Waals surface area contributed by atoms with E-state index in [0.29, 0.717) is 10.7 Å². The molecule has 2 rings (SSSR count). The maximum atomic E-state index is 5.87. The Morgan fingerprint density at radius 1 is 1.22 bits per heavy atom. The second-order valence-electron chi connectivity index (χ2n) is 3.94. The van der Waals surface area contributed by atoms with Crippen LogP contribution in [0.25, 0.3) is 0 Å². The highest BCUT2D eigenvalue weighted by Gasteiger charge is 2.03. The Morgan fingerprint density at radius 2 is 1.89 bits per heavy atom. The molecule has 0 aliphatic carbocycles. The lowest BCUT2D eigenvalue weighted by Crippen LogP contribution is -2.04. The third-order valence-corrected chi connectivity index (χ3v) is 2.84. The van der Waals surface area contributed by atoms with Crippen molar-refractivity contribution >= 4 is 42.1 Å². The Bertz CT molecular complexity index is 523. The molecule has 6 heteroatoms. The van der Waals surface area contributed by atoms with E-state index in [1.165, 1.54) is 0 Å². The van der Waals surface area contributed by atoms with Gasteiger partial charge < -0.3 is 5.73 Å². The van der Waals surface area contributed by atoms with Crippen molar-refractivity contribution in [3.05, 3.63) is 46.2 Å². The molecule has 0 saturated heterocycles. The lowest BCUT2D eigenvalue weighted by atomic mass is 10.2. The molecule has 0 saturated carbocycles. The van der Waals surface area contributed by atoms with Crippen LogP contribution in [0.5, 0.6) is 0 Å². The van der Waals surface area contributed by atoms with E-state index in [2.05, 4.69) is 11.2 Å². The van der Waals surface area contributed by atoms with E-state index in [9.17, 15) is 0 Å². The van der Waals surface area contributed by atoms with Gasteiger partial charge in [0.15, 0.2) is 0 Å². The molecule has 1 heterocycles. The monoisotopic (exact) mass is 307 g/mol. The number of benzene rings is 1. The van der Waals surface area contributed by atoms with Crippen LogP contribution >= 0.6 is 36.4 Å². The number of hydrogen-bond acceptors (Lipinski definition) is 2. The molecule has 0 aliphatic rings. The first-order chi connectivity index (χ1) is 7.56. The van der Waals surface area contributed by atoms with Gasteiger partial charge in [-0.25, -0.2) is 0 Å². The fourth-order valence-electron chi connectivity index (χ4n) is 1.70. The van der Waals surface area contributed by atoms with Crippen molar-refractivity contribution in [3.8, 4) is 0 Å². The third kappa shape index (κ3) is 3.80. The van der Waals surface area contributed by atoms with Gasteiger partial charge in [-0.15, -0.1) is 24.8 Å². The first-order valence-electron chi connectivity index (χ1n) is 5.11. The zero-order chi connectivity index (χ0) is 11.7. The Hall–Kier alpha value is -0.900. The number of halogens is 3. The number of nitrogens with two attached hydrogens (primary N) is 1. The molecule has 0 fully saturated rings. The molecule has 0 aliphatic heterocycles. The lowest BCUT2D eigenvalue weighted by Gasteiger charge is -2.06. The van der Waals surface area contributed by atoms with Gasteiger partial charge in [-0.05, 0) is 37.6 Å². The smallest absolute Gasteiger partial charge is 0.0663 e. The van der Waals surface area contributed by atoms with Crippen LogP contribution in [0.4, 0.5) is 5.69 Å². The minimum absolute atomic E-state index is 0. The van der Waals surface area contributed by atoms with E-state index in [4.69, 9.17) is 17.3 Å². The van der Waals surface area contributed by atoms with E-state index in [0.717, 1.165) is 23.5 Å². The molecule has 18 heavy (non-hydrogen) atoms. The van der Waals surface area contributed by atoms with Crippen LogP contribution in [0.3, 0.4) is 0 Å². The molecule has 0 bridgehead atoms. The molecule has 1 aromatic carbocycles. The number of anilines is 1. The summed E-state index contributed by atoms with van der Waals surface area (Å²) in [7, 11) is 0. The Labute approximate surface area is 124 Å². The highest BCUT2D eigenvalue weighted by atomic mass is 35.5. The summed E-state index contributed by atoms with van der Waals surface area (Å²) in [5.74, 6) is 0. The molecule has 0 amide bonds. The van der Waals surface area contributed by atoms with Gasteiger partial charge in [0.25, 0.3) is 0 Å². The quantitative estimate of drug-likeness (QED) is 0.861. The normalized spacial score (nSPS) is 9.50. The van der Waals surface area contributed by atoms with Crippen LogP contribution in [0.2, 0.25) is 5.02 Å². The maximum absolute atomic E-state index is 5.87. The van der Waals surface area contributed by atoms with Crippen LogP contribution in [0.1, 0.15) is 17.0 Å². The van der Waals surface area contributed by atoms with E-state index >= 15 is 0 Å². The fraction of sp³-hybridized carbons (Fsp3) is 0.250. The van der Waals surface area contributed by atoms with Crippen LogP contribution in [0.15, 0.2) is 24.3 Å². The van der Waals surface area contributed by atoms with Crippen LogP contribution in [0, 0.1) is 13.8 Å². The van der Waals surface area contributed by atoms with E-state index in [-0.39, 0.29) is 24.8 Å². The molecule has 3 nitrogen and oxygen atoms in total. The van der Waals surface area contributed by atoms with Gasteiger partial charge in [-0.1, -0.05) is 17.7 Å². The van der Waals surface area contributed by atoms with Crippen LogP contribution < -0.4 is 5.73 Å². The SMILES string of the molecule is Cc1cc(C)n(Cc2ccc(Cl)c(N)c2)n1.Cl.Cl. The summed E-state index contributed by atoms with van der Waals surface area (Å²) in [5.41, 5.74) is 9.64. The average molecular weight is 309 g/mol. The van der Waals surface area contributed by atoms with Gasteiger partial charge in [0.1, 0.15) is 0 Å². The number of rotatable bonds is 2. The van der Waals surface area contributed by atoms with Crippen LogP contribution in [-0.2, 0) is 6.54 Å². The van der Waals surface area contributed by atoms with Crippen molar-refractivity contribution in [2.75, 3.05) is 5.73 Å². The molecular formula is C12H16Cl3N3. The second-order valence-corrected chi connectivity index (χ2v) is 4.35. The topological polar surface area (TPSA) is 43.8 Å². The summed E-state index contributed by atoms with van der Waals surface area (Å²) >= 11 is 5.87. The lowest BCUT2D eigenvalue weighted by molar-refractivity contribution is 0.659. The van der Waals surface area contributed by atoms with Gasteiger partial charge in [0.2, 0.25) is 0 Å². The molecule has 2 aromatic rings. The van der Waals surface area contributed by atoms with E-state index in [1.54, 1.807) is 0 Å². The van der Waals surface area contributed by atoms with Gasteiger partial charge in [-0.3, -0.25) is 4.68 Å². The number of aromatic nitrogens is 2. The van der Waals surface area contributed by atoms with Gasteiger partial charge >= 0.3 is 0 Å². The molecule has 0 atom stereocenters. The molecule has 0 radical (unpaired) electrons. The predicted octanol–water partition coefficient (Wildman–Crippen LogP) is 3.63. The third-order valence-electron chi connectivity index (χ3n) is 2.50. The van der Waals surface area contributed by atoms with Crippen molar-refractivity contribution < 1.29 is 0 Å². The number of nitrogens with zero attached hydrogens (tertiary/aromatic N) is 2.